The maximum atomic E-state index is 12.0. The number of allylic oxidation sites excluding steroid dienone is 4. The molecule has 0 aliphatic rings. The van der Waals surface area contributed by atoms with Crippen LogP contribution in [-0.4, -0.2) is 54.3 Å². The van der Waals surface area contributed by atoms with Gasteiger partial charge < -0.3 is 20.1 Å². The van der Waals surface area contributed by atoms with Crippen molar-refractivity contribution in [3.63, 3.8) is 0 Å². The molecule has 2 unspecified atom stereocenters. The molecule has 0 aromatic heterocycles. The van der Waals surface area contributed by atoms with Crippen LogP contribution in [0.2, 0.25) is 0 Å². The molecule has 0 fully saturated rings. The molecule has 0 saturated heterocycles. The van der Waals surface area contributed by atoms with Crippen LogP contribution in [-0.2, 0) is 27.9 Å². The second-order valence-electron chi connectivity index (χ2n) is 12.2. The molecule has 0 spiro atoms. The van der Waals surface area contributed by atoms with Gasteiger partial charge in [-0.1, -0.05) is 128 Å². The van der Waals surface area contributed by atoms with Gasteiger partial charge in [-0.2, -0.15) is 0 Å². The molecule has 0 heterocycles. The zero-order chi connectivity index (χ0) is 34.0. The Morgan fingerprint density at radius 3 is 1.76 bits per heavy atom. The van der Waals surface area contributed by atoms with Crippen LogP contribution >= 0.6 is 7.82 Å². The summed E-state index contributed by atoms with van der Waals surface area (Å²) < 4.78 is 26.3. The third kappa shape index (κ3) is 33.8. The highest BCUT2D eigenvalue weighted by Gasteiger charge is 2.23. The van der Waals surface area contributed by atoms with Crippen LogP contribution in [0.15, 0.2) is 24.3 Å². The van der Waals surface area contributed by atoms with E-state index in [1.807, 2.05) is 6.92 Å². The average Bonchev–Trinajstić information content (AvgIpc) is 3.04. The lowest BCUT2D eigenvalue weighted by atomic mass is 10.0. The van der Waals surface area contributed by atoms with Crippen molar-refractivity contribution >= 4 is 19.7 Å². The Labute approximate surface area is 280 Å². The number of phosphoric ester groups is 1. The largest absolute Gasteiger partial charge is 0.472 e. The summed E-state index contributed by atoms with van der Waals surface area (Å²) in [5.74, 6) is -0.552. The molecule has 46 heavy (non-hydrogen) atoms. The highest BCUT2D eigenvalue weighted by atomic mass is 31.2. The van der Waals surface area contributed by atoms with Crippen molar-refractivity contribution in [1.82, 2.24) is 5.32 Å². The Bertz CT molecular complexity index is 820. The minimum Gasteiger partial charge on any atom is -0.463 e. The number of hydrogen-bond acceptors (Lipinski definition) is 7. The van der Waals surface area contributed by atoms with Gasteiger partial charge in [0.2, 0.25) is 5.91 Å². The summed E-state index contributed by atoms with van der Waals surface area (Å²) in [6, 6.07) is 0. The number of unbranched alkanes of at least 4 members (excludes halogenated alkanes) is 17. The van der Waals surface area contributed by atoms with Crippen molar-refractivity contribution in [2.75, 3.05) is 26.4 Å². The summed E-state index contributed by atoms with van der Waals surface area (Å²) in [5, 5.41) is 12.4. The number of rotatable bonds is 34. The van der Waals surface area contributed by atoms with Gasteiger partial charge in [-0.15, -0.1) is 0 Å². The molecule has 0 radical (unpaired) electrons. The minimum atomic E-state index is -4.39. The highest BCUT2D eigenvalue weighted by molar-refractivity contribution is 7.47. The van der Waals surface area contributed by atoms with Crippen LogP contribution in [0.25, 0.3) is 0 Å². The van der Waals surface area contributed by atoms with Crippen molar-refractivity contribution in [2.24, 2.45) is 0 Å². The molecule has 0 aromatic rings. The maximum absolute atomic E-state index is 12.0. The molecule has 0 aromatic carbocycles. The van der Waals surface area contributed by atoms with Gasteiger partial charge in [0.1, 0.15) is 12.7 Å². The molecule has 3 N–H and O–H groups in total. The monoisotopic (exact) mass is 673 g/mol. The summed E-state index contributed by atoms with van der Waals surface area (Å²) in [7, 11) is -4.39. The average molecular weight is 674 g/mol. The zero-order valence-corrected chi connectivity index (χ0v) is 30.2. The van der Waals surface area contributed by atoms with Crippen LogP contribution in [0, 0.1) is 0 Å². The van der Waals surface area contributed by atoms with E-state index in [0.29, 0.717) is 12.8 Å². The molecule has 9 nitrogen and oxygen atoms in total. The van der Waals surface area contributed by atoms with Gasteiger partial charge in [-0.05, 0) is 44.9 Å². The van der Waals surface area contributed by atoms with E-state index in [-0.39, 0.29) is 32.1 Å². The van der Waals surface area contributed by atoms with E-state index < -0.39 is 26.5 Å². The van der Waals surface area contributed by atoms with Gasteiger partial charge in [-0.25, -0.2) is 4.57 Å². The molecule has 1 amide bonds. The maximum Gasteiger partial charge on any atom is 0.472 e. The number of aliphatic hydroxyl groups is 1. The predicted octanol–water partition coefficient (Wildman–Crippen LogP) is 9.26. The zero-order valence-electron chi connectivity index (χ0n) is 29.3. The predicted molar refractivity (Wildman–Crippen MR) is 188 cm³/mol. The van der Waals surface area contributed by atoms with Crippen LogP contribution in [0.5, 0.6) is 0 Å². The van der Waals surface area contributed by atoms with Crippen LogP contribution in [0.3, 0.4) is 0 Å². The van der Waals surface area contributed by atoms with Crippen LogP contribution in [0.1, 0.15) is 162 Å². The molecule has 0 aliphatic heterocycles. The van der Waals surface area contributed by atoms with E-state index in [1.54, 1.807) is 0 Å². The lowest BCUT2D eigenvalue weighted by Gasteiger charge is -2.15. The number of esters is 1. The molecule has 0 aliphatic carbocycles. The van der Waals surface area contributed by atoms with E-state index in [0.717, 1.165) is 32.1 Å². The molecular formula is C36H68NO8P. The lowest BCUT2D eigenvalue weighted by Crippen LogP contribution is -2.27. The summed E-state index contributed by atoms with van der Waals surface area (Å²) in [6.45, 7) is 3.24. The van der Waals surface area contributed by atoms with Crippen molar-refractivity contribution < 1.29 is 37.9 Å². The van der Waals surface area contributed by atoms with Crippen LogP contribution in [0.4, 0.5) is 0 Å². The molecule has 10 heteroatoms. The number of ether oxygens (including phenoxy) is 1. The van der Waals surface area contributed by atoms with Crippen molar-refractivity contribution in [2.45, 2.75) is 168 Å². The van der Waals surface area contributed by atoms with E-state index >= 15 is 0 Å². The smallest absolute Gasteiger partial charge is 0.463 e. The van der Waals surface area contributed by atoms with Gasteiger partial charge in [-0.3, -0.25) is 18.6 Å². The number of aliphatic hydroxyl groups excluding tert-OH is 1. The number of nitrogens with one attached hydrogen (secondary N) is 1. The SMILES string of the molecule is CCCCC/C=C\C/C=C\CCCCCCCCCCCCCCCC(=O)NCCOP(=O)(O)OCC(O)COC(=O)CCCC. The number of carbonyl (C=O) groups is 2. The fourth-order valence-corrected chi connectivity index (χ4v) is 5.56. The first-order chi connectivity index (χ1) is 22.3. The normalized spacial score (nSPS) is 13.7. The Balaban J connectivity index is 3.47. The topological polar surface area (TPSA) is 131 Å². The van der Waals surface area contributed by atoms with Gasteiger partial charge in [0.05, 0.1) is 13.2 Å². The van der Waals surface area contributed by atoms with Gasteiger partial charge in [0, 0.05) is 19.4 Å². The summed E-state index contributed by atoms with van der Waals surface area (Å²) in [6.07, 6.45) is 33.8. The molecule has 2 atom stereocenters. The molecule has 0 saturated carbocycles. The highest BCUT2D eigenvalue weighted by Crippen LogP contribution is 2.42. The Morgan fingerprint density at radius 2 is 1.20 bits per heavy atom. The second kappa shape index (κ2) is 33.4. The van der Waals surface area contributed by atoms with E-state index in [1.165, 1.54) is 96.3 Å². The minimum absolute atomic E-state index is 0.0824. The van der Waals surface area contributed by atoms with E-state index in [4.69, 9.17) is 13.8 Å². The summed E-state index contributed by atoms with van der Waals surface area (Å²) in [4.78, 5) is 33.1. The Morgan fingerprint density at radius 1 is 0.674 bits per heavy atom. The number of amides is 1. The van der Waals surface area contributed by atoms with Crippen molar-refractivity contribution in [3.05, 3.63) is 24.3 Å². The Kier molecular flexibility index (Phi) is 32.3. The molecule has 270 valence electrons. The van der Waals surface area contributed by atoms with Gasteiger partial charge >= 0.3 is 13.8 Å². The van der Waals surface area contributed by atoms with Crippen molar-refractivity contribution in [1.29, 1.82) is 0 Å². The quantitative estimate of drug-likeness (QED) is 0.0267. The fourth-order valence-electron chi connectivity index (χ4n) is 4.80. The first kappa shape index (κ1) is 44.5. The second-order valence-corrected chi connectivity index (χ2v) is 13.7. The number of hydrogen-bond donors (Lipinski definition) is 3. The number of carbonyl (C=O) groups excluding carboxylic acids is 2. The first-order valence-electron chi connectivity index (χ1n) is 18.3. The van der Waals surface area contributed by atoms with Crippen LogP contribution < -0.4 is 5.32 Å². The molecular weight excluding hydrogens is 605 g/mol. The third-order valence-electron chi connectivity index (χ3n) is 7.63. The fraction of sp³-hybridized carbons (Fsp3) is 0.833. The van der Waals surface area contributed by atoms with Gasteiger partial charge in [0.25, 0.3) is 0 Å². The van der Waals surface area contributed by atoms with Gasteiger partial charge in [0.15, 0.2) is 0 Å². The third-order valence-corrected chi connectivity index (χ3v) is 8.62. The molecule has 0 rings (SSSR count). The summed E-state index contributed by atoms with van der Waals surface area (Å²) in [5.41, 5.74) is 0. The van der Waals surface area contributed by atoms with E-state index in [9.17, 15) is 24.2 Å². The Hall–Kier alpha value is -1.51. The summed E-state index contributed by atoms with van der Waals surface area (Å²) >= 11 is 0. The first-order valence-corrected chi connectivity index (χ1v) is 19.8. The number of phosphoric acid groups is 1. The molecule has 0 bridgehead atoms. The van der Waals surface area contributed by atoms with Crippen molar-refractivity contribution in [3.8, 4) is 0 Å². The lowest BCUT2D eigenvalue weighted by molar-refractivity contribution is -0.147. The standard InChI is InChI=1S/C36H68NO8P/c1-3-5-7-8-9-10-11-12-13-14-15-16-17-18-19-20-21-22-23-24-25-26-27-28-35(39)37-30-31-44-46(41,42)45-33-34(38)32-43-36(40)29-6-4-2/h9-10,12-13,34,38H,3-8,11,14-33H2,1-2H3,(H,37,39)(H,41,42)/b10-9-,13-12-. The van der Waals surface area contributed by atoms with E-state index in [2.05, 4.69) is 36.5 Å².